The molecule has 1 aliphatic carbocycles. The molecule has 0 radical (unpaired) electrons. The predicted molar refractivity (Wildman–Crippen MR) is 50.9 cm³/mol. The average Bonchev–Trinajstić information content (AvgIpc) is 2.29. The van der Waals surface area contributed by atoms with Gasteiger partial charge in [-0.05, 0) is 17.5 Å². The van der Waals surface area contributed by atoms with Gasteiger partial charge in [0, 0.05) is 23.3 Å². The third kappa shape index (κ3) is 0.752. The Bertz CT molecular complexity index is 241. The number of rotatable bonds is 1. The Labute approximate surface area is 79.4 Å². The van der Waals surface area contributed by atoms with Gasteiger partial charge in [0.1, 0.15) is 5.60 Å². The lowest BCUT2D eigenvalue weighted by atomic mass is 10.0. The van der Waals surface area contributed by atoms with Gasteiger partial charge in [0.2, 0.25) is 0 Å². The molecular formula is C10H15ClO. The standard InChI is InChI=1S/C10H15ClO/c1-8(2)9(3,4)10(8,12-5)6-7-11/h1-5H3. The molecule has 2 heteroatoms. The topological polar surface area (TPSA) is 9.23 Å². The van der Waals surface area contributed by atoms with Crippen LogP contribution in [0.1, 0.15) is 27.7 Å². The molecule has 0 bridgehead atoms. The van der Waals surface area contributed by atoms with Gasteiger partial charge in [-0.1, -0.05) is 27.7 Å². The molecule has 1 rings (SSSR count). The lowest BCUT2D eigenvalue weighted by Crippen LogP contribution is -2.18. The maximum atomic E-state index is 5.46. The Hall–Kier alpha value is -0.190. The van der Waals surface area contributed by atoms with Gasteiger partial charge in [-0.15, -0.1) is 0 Å². The van der Waals surface area contributed by atoms with Crippen LogP contribution in [0.3, 0.4) is 0 Å². The third-order valence-electron chi connectivity index (χ3n) is 3.79. The summed E-state index contributed by atoms with van der Waals surface area (Å²) in [5.41, 5.74) is -0.199. The van der Waals surface area contributed by atoms with Gasteiger partial charge >= 0.3 is 0 Å². The van der Waals surface area contributed by atoms with E-state index in [1.807, 2.05) is 0 Å². The number of hydrogen-bond donors (Lipinski definition) is 0. The maximum Gasteiger partial charge on any atom is 0.140 e. The van der Waals surface area contributed by atoms with Crippen LogP contribution in [0.5, 0.6) is 0 Å². The molecule has 0 amide bonds. The Kier molecular flexibility index (Phi) is 1.98. The summed E-state index contributed by atoms with van der Waals surface area (Å²) in [6, 6.07) is 0. The van der Waals surface area contributed by atoms with E-state index in [9.17, 15) is 0 Å². The molecule has 0 N–H and O–H groups in total. The summed E-state index contributed by atoms with van der Waals surface area (Å²) in [4.78, 5) is 0. The first-order valence-electron chi connectivity index (χ1n) is 4.05. The van der Waals surface area contributed by atoms with Gasteiger partial charge in [0.05, 0.1) is 0 Å². The van der Waals surface area contributed by atoms with Crippen LogP contribution in [0, 0.1) is 22.1 Å². The molecule has 68 valence electrons. The van der Waals surface area contributed by atoms with Crippen molar-refractivity contribution in [3.8, 4) is 11.3 Å². The van der Waals surface area contributed by atoms with Crippen LogP contribution in [0.25, 0.3) is 0 Å². The molecule has 0 aromatic heterocycles. The molecule has 12 heavy (non-hydrogen) atoms. The van der Waals surface area contributed by atoms with Gasteiger partial charge in [-0.2, -0.15) is 0 Å². The van der Waals surface area contributed by atoms with Gasteiger partial charge in [0.25, 0.3) is 0 Å². The zero-order chi connectivity index (χ0) is 9.62. The second-order valence-electron chi connectivity index (χ2n) is 4.35. The van der Waals surface area contributed by atoms with Crippen LogP contribution in [-0.2, 0) is 4.74 Å². The van der Waals surface area contributed by atoms with Gasteiger partial charge < -0.3 is 4.74 Å². The fourth-order valence-electron chi connectivity index (χ4n) is 2.20. The minimum absolute atomic E-state index is 0.0800. The summed E-state index contributed by atoms with van der Waals surface area (Å²) in [6.07, 6.45) is 0. The van der Waals surface area contributed by atoms with E-state index in [1.165, 1.54) is 0 Å². The van der Waals surface area contributed by atoms with Gasteiger partial charge in [0.15, 0.2) is 0 Å². The van der Waals surface area contributed by atoms with E-state index in [2.05, 4.69) is 39.0 Å². The summed E-state index contributed by atoms with van der Waals surface area (Å²) >= 11 is 5.42. The second kappa shape index (κ2) is 2.40. The minimum atomic E-state index is -0.359. The van der Waals surface area contributed by atoms with Crippen LogP contribution in [0.2, 0.25) is 0 Å². The quantitative estimate of drug-likeness (QED) is 0.573. The van der Waals surface area contributed by atoms with Crippen molar-refractivity contribution < 1.29 is 4.74 Å². The lowest BCUT2D eigenvalue weighted by Gasteiger charge is -2.11. The highest BCUT2D eigenvalue weighted by molar-refractivity contribution is 6.30. The number of methoxy groups -OCH3 is 1. The van der Waals surface area contributed by atoms with E-state index in [1.54, 1.807) is 7.11 Å². The van der Waals surface area contributed by atoms with E-state index < -0.39 is 0 Å². The maximum absolute atomic E-state index is 5.46. The molecule has 0 spiro atoms. The minimum Gasteiger partial charge on any atom is -0.364 e. The van der Waals surface area contributed by atoms with Crippen molar-refractivity contribution in [2.45, 2.75) is 33.3 Å². The van der Waals surface area contributed by atoms with E-state index in [4.69, 9.17) is 16.3 Å². The molecule has 0 aromatic rings. The first-order valence-corrected chi connectivity index (χ1v) is 4.43. The highest BCUT2D eigenvalue weighted by atomic mass is 35.5. The average molecular weight is 187 g/mol. The fourth-order valence-corrected chi connectivity index (χ4v) is 2.33. The Morgan fingerprint density at radius 2 is 1.50 bits per heavy atom. The zero-order valence-corrected chi connectivity index (χ0v) is 9.04. The molecule has 0 aromatic carbocycles. The van der Waals surface area contributed by atoms with Gasteiger partial charge in [-0.25, -0.2) is 0 Å². The Morgan fingerprint density at radius 1 is 1.08 bits per heavy atom. The number of halogens is 1. The number of hydrogen-bond acceptors (Lipinski definition) is 1. The summed E-state index contributed by atoms with van der Waals surface area (Å²) in [7, 11) is 1.69. The fraction of sp³-hybridized carbons (Fsp3) is 0.800. The first kappa shape index (κ1) is 9.89. The van der Waals surface area contributed by atoms with Crippen molar-refractivity contribution in [2.24, 2.45) is 10.8 Å². The molecule has 0 saturated heterocycles. The monoisotopic (exact) mass is 186 g/mol. The molecule has 0 heterocycles. The van der Waals surface area contributed by atoms with Crippen molar-refractivity contribution >= 4 is 11.6 Å². The highest BCUT2D eigenvalue weighted by Gasteiger charge is 2.78. The van der Waals surface area contributed by atoms with Crippen LogP contribution in [0.4, 0.5) is 0 Å². The third-order valence-corrected chi connectivity index (χ3v) is 3.88. The smallest absolute Gasteiger partial charge is 0.140 e. The second-order valence-corrected chi connectivity index (χ2v) is 4.54. The molecular weight excluding hydrogens is 172 g/mol. The molecule has 0 aliphatic heterocycles. The normalized spacial score (nSPS) is 27.2. The summed E-state index contributed by atoms with van der Waals surface area (Å²) in [6.45, 7) is 8.60. The van der Waals surface area contributed by atoms with Crippen molar-refractivity contribution in [1.29, 1.82) is 0 Å². The molecule has 0 unspecified atom stereocenters. The molecule has 1 fully saturated rings. The molecule has 1 saturated carbocycles. The predicted octanol–water partition coefficient (Wildman–Crippen LogP) is 2.64. The van der Waals surface area contributed by atoms with Crippen LogP contribution >= 0.6 is 11.6 Å². The van der Waals surface area contributed by atoms with E-state index in [-0.39, 0.29) is 16.4 Å². The Morgan fingerprint density at radius 3 is 1.58 bits per heavy atom. The van der Waals surface area contributed by atoms with Crippen molar-refractivity contribution in [1.82, 2.24) is 0 Å². The summed E-state index contributed by atoms with van der Waals surface area (Å²) in [5.74, 6) is 2.96. The molecule has 1 nitrogen and oxygen atoms in total. The van der Waals surface area contributed by atoms with Gasteiger partial charge in [-0.3, -0.25) is 0 Å². The largest absolute Gasteiger partial charge is 0.364 e. The Balaban J connectivity index is 3.08. The van der Waals surface area contributed by atoms with Crippen LogP contribution in [-0.4, -0.2) is 12.7 Å². The van der Waals surface area contributed by atoms with Crippen molar-refractivity contribution in [3.05, 3.63) is 0 Å². The summed E-state index contributed by atoms with van der Waals surface area (Å²) in [5, 5.41) is 2.43. The van der Waals surface area contributed by atoms with E-state index in [0.29, 0.717) is 0 Å². The van der Waals surface area contributed by atoms with Crippen LogP contribution < -0.4 is 0 Å². The van der Waals surface area contributed by atoms with Crippen LogP contribution in [0.15, 0.2) is 0 Å². The number of ether oxygens (including phenoxy) is 1. The SMILES string of the molecule is COC1(C#CCl)C(C)(C)C1(C)C. The highest BCUT2D eigenvalue weighted by Crippen LogP contribution is 2.72. The van der Waals surface area contributed by atoms with E-state index >= 15 is 0 Å². The first-order chi connectivity index (χ1) is 5.37. The zero-order valence-electron chi connectivity index (χ0n) is 8.29. The van der Waals surface area contributed by atoms with Crippen molar-refractivity contribution in [3.63, 3.8) is 0 Å². The summed E-state index contributed by atoms with van der Waals surface area (Å²) < 4.78 is 5.46. The molecule has 1 aliphatic rings. The lowest BCUT2D eigenvalue weighted by molar-refractivity contribution is 0.0820. The van der Waals surface area contributed by atoms with Crippen molar-refractivity contribution in [2.75, 3.05) is 7.11 Å². The molecule has 0 atom stereocenters. The van der Waals surface area contributed by atoms with E-state index in [0.717, 1.165) is 0 Å².